The van der Waals surface area contributed by atoms with Gasteiger partial charge in [-0.25, -0.2) is 6.29 Å². The predicted octanol–water partition coefficient (Wildman–Crippen LogP) is 2.89. The summed E-state index contributed by atoms with van der Waals surface area (Å²) in [4.78, 5) is 11.4. The molecule has 0 fully saturated rings. The maximum Gasteiger partial charge on any atom is 0 e. The first-order chi connectivity index (χ1) is 10.9. The SMILES string of the molecule is O=[C-]C=P(c1ccccc1)(c1ccccc1)c1ccccc1.[U]. The van der Waals surface area contributed by atoms with Crippen LogP contribution in [0.5, 0.6) is 0 Å². The molecule has 0 amide bonds. The van der Waals surface area contributed by atoms with Gasteiger partial charge in [-0.2, -0.15) is 5.80 Å². The summed E-state index contributed by atoms with van der Waals surface area (Å²) in [7, 11) is 0. The molecule has 3 aromatic carbocycles. The largest absolute Gasteiger partial charge is 0.538 e. The Morgan fingerprint density at radius 1 is 0.609 bits per heavy atom. The zero-order valence-corrected chi connectivity index (χ0v) is 17.7. The van der Waals surface area contributed by atoms with Crippen molar-refractivity contribution in [3.05, 3.63) is 91.0 Å². The van der Waals surface area contributed by atoms with Crippen molar-refractivity contribution in [2.75, 3.05) is 0 Å². The first kappa shape index (κ1) is 18.0. The quantitative estimate of drug-likeness (QED) is 0.367. The molecule has 0 radical (unpaired) electrons. The molecule has 0 saturated heterocycles. The first-order valence-corrected chi connectivity index (χ1v) is 9.01. The number of benzene rings is 3. The fourth-order valence-corrected chi connectivity index (χ4v) is 6.17. The number of hydrogen-bond acceptors (Lipinski definition) is 1. The molecule has 0 atom stereocenters. The van der Waals surface area contributed by atoms with E-state index in [2.05, 4.69) is 42.7 Å². The molecule has 23 heavy (non-hydrogen) atoms. The minimum atomic E-state index is -2.10. The summed E-state index contributed by atoms with van der Waals surface area (Å²) in [5.74, 6) is 1.73. The summed E-state index contributed by atoms with van der Waals surface area (Å²) in [5, 5.41) is 3.49. The summed E-state index contributed by atoms with van der Waals surface area (Å²) in [6, 6.07) is 30.7. The Hall–Kier alpha value is -1.32. The second-order valence-electron chi connectivity index (χ2n) is 4.98. The van der Waals surface area contributed by atoms with Crippen LogP contribution < -0.4 is 15.9 Å². The van der Waals surface area contributed by atoms with Crippen molar-refractivity contribution in [1.82, 2.24) is 0 Å². The maximum atomic E-state index is 11.4. The van der Waals surface area contributed by atoms with E-state index in [1.54, 1.807) is 5.80 Å². The van der Waals surface area contributed by atoms with Crippen molar-refractivity contribution in [2.24, 2.45) is 0 Å². The van der Waals surface area contributed by atoms with Gasteiger partial charge in [0.25, 0.3) is 0 Å². The van der Waals surface area contributed by atoms with Gasteiger partial charge in [-0.1, -0.05) is 97.9 Å². The van der Waals surface area contributed by atoms with Crippen molar-refractivity contribution in [3.63, 3.8) is 0 Å². The monoisotopic (exact) mass is 541 g/mol. The number of rotatable bonds is 4. The fraction of sp³-hybridized carbons (Fsp3) is 0. The number of hydrogen-bond donors (Lipinski definition) is 0. The number of carbonyl (C=O) groups excluding carboxylic acids is 1. The summed E-state index contributed by atoms with van der Waals surface area (Å²) in [6.07, 6.45) is 2.08. The van der Waals surface area contributed by atoms with Gasteiger partial charge in [0.15, 0.2) is 0 Å². The second kappa shape index (κ2) is 8.51. The Morgan fingerprint density at radius 2 is 0.913 bits per heavy atom. The van der Waals surface area contributed by atoms with Gasteiger partial charge in [0.1, 0.15) is 0 Å². The fourth-order valence-electron chi connectivity index (χ4n) is 2.74. The van der Waals surface area contributed by atoms with Crippen molar-refractivity contribution in [1.29, 1.82) is 0 Å². The standard InChI is InChI=1S/C20H16OP.U/c21-16-17-22(18-10-4-1-5-11-18,19-12-6-2-7-13-19)20-14-8-3-9-15-20;/h1-15,17H;/q-1;. The molecule has 3 heteroatoms. The molecule has 112 valence electrons. The Bertz CT molecular complexity index is 695. The molecule has 0 saturated carbocycles. The molecule has 1 nitrogen and oxygen atoms in total. The molecule has 3 aromatic rings. The predicted molar refractivity (Wildman–Crippen MR) is 96.9 cm³/mol. The van der Waals surface area contributed by atoms with E-state index in [9.17, 15) is 4.79 Å². The van der Waals surface area contributed by atoms with E-state index in [1.807, 2.05) is 54.6 Å². The van der Waals surface area contributed by atoms with Crippen LogP contribution in [0.1, 0.15) is 0 Å². The van der Waals surface area contributed by atoms with E-state index in [0.29, 0.717) is 0 Å². The molecule has 0 aromatic heterocycles. The van der Waals surface area contributed by atoms with Crippen LogP contribution in [-0.2, 0) is 4.79 Å². The molecule has 0 N–H and O–H groups in total. The van der Waals surface area contributed by atoms with Crippen molar-refractivity contribution >= 4 is 34.9 Å². The van der Waals surface area contributed by atoms with Crippen LogP contribution >= 0.6 is 6.89 Å². The minimum Gasteiger partial charge on any atom is -0.538 e. The molecule has 0 spiro atoms. The van der Waals surface area contributed by atoms with E-state index in [0.717, 1.165) is 15.9 Å². The third-order valence-electron chi connectivity index (χ3n) is 3.74. The summed E-state index contributed by atoms with van der Waals surface area (Å²) in [6.45, 7) is -2.10. The maximum absolute atomic E-state index is 11.4. The first-order valence-electron chi connectivity index (χ1n) is 7.15. The smallest absolute Gasteiger partial charge is 0 e. The Labute approximate surface area is 161 Å². The van der Waals surface area contributed by atoms with Gasteiger partial charge in [0.05, 0.1) is 0 Å². The minimum absolute atomic E-state index is 0. The third kappa shape index (κ3) is 3.62. The van der Waals surface area contributed by atoms with E-state index >= 15 is 0 Å². The van der Waals surface area contributed by atoms with Crippen LogP contribution in [-0.4, -0.2) is 12.1 Å². The van der Waals surface area contributed by atoms with Crippen LogP contribution in [0.4, 0.5) is 0 Å². The van der Waals surface area contributed by atoms with Crippen molar-refractivity contribution in [2.45, 2.75) is 0 Å². The van der Waals surface area contributed by atoms with E-state index in [-0.39, 0.29) is 31.1 Å². The molecule has 0 unspecified atom stereocenters. The molecular weight excluding hydrogens is 525 g/mol. The second-order valence-corrected chi connectivity index (χ2v) is 8.23. The van der Waals surface area contributed by atoms with Crippen LogP contribution in [0.25, 0.3) is 0 Å². The van der Waals surface area contributed by atoms with Crippen LogP contribution in [0.2, 0.25) is 0 Å². The van der Waals surface area contributed by atoms with Crippen molar-refractivity contribution in [3.8, 4) is 0 Å². The average molecular weight is 541 g/mol. The van der Waals surface area contributed by atoms with Crippen LogP contribution in [0.15, 0.2) is 91.0 Å². The Kier molecular flexibility index (Phi) is 6.67. The zero-order valence-electron chi connectivity index (χ0n) is 12.6. The van der Waals surface area contributed by atoms with E-state index in [4.69, 9.17) is 0 Å². The van der Waals surface area contributed by atoms with Crippen LogP contribution in [0, 0.1) is 31.1 Å². The molecule has 0 heterocycles. The molecular formula is C20H16OPU-. The molecule has 0 aliphatic carbocycles. The summed E-state index contributed by atoms with van der Waals surface area (Å²) >= 11 is 0. The Morgan fingerprint density at radius 3 is 1.17 bits per heavy atom. The average Bonchev–Trinajstić information content (AvgIpc) is 2.62. The van der Waals surface area contributed by atoms with Gasteiger partial charge in [-0.3, -0.25) is 0 Å². The van der Waals surface area contributed by atoms with Crippen LogP contribution in [0.3, 0.4) is 0 Å². The summed E-state index contributed by atoms with van der Waals surface area (Å²) < 4.78 is 0. The normalized spacial score (nSPS) is 10.4. The van der Waals surface area contributed by atoms with Gasteiger partial charge in [-0.05, 0) is 15.9 Å². The van der Waals surface area contributed by atoms with Gasteiger partial charge in [0, 0.05) is 31.1 Å². The molecule has 0 aliphatic rings. The molecule has 0 bridgehead atoms. The summed E-state index contributed by atoms with van der Waals surface area (Å²) in [5.41, 5.74) is 0. The molecule has 3 rings (SSSR count). The van der Waals surface area contributed by atoms with Gasteiger partial charge in [0.2, 0.25) is 0 Å². The topological polar surface area (TPSA) is 17.1 Å². The van der Waals surface area contributed by atoms with E-state index < -0.39 is 6.89 Å². The zero-order chi connectivity index (χ0) is 15.3. The van der Waals surface area contributed by atoms with E-state index in [1.165, 1.54) is 0 Å². The van der Waals surface area contributed by atoms with Gasteiger partial charge in [-0.15, -0.1) is 0 Å². The van der Waals surface area contributed by atoms with Gasteiger partial charge < -0.3 is 4.79 Å². The Balaban J connectivity index is 0.00000192. The third-order valence-corrected chi connectivity index (χ3v) is 7.57. The van der Waals surface area contributed by atoms with Crippen molar-refractivity contribution < 1.29 is 35.9 Å². The molecule has 0 aliphatic heterocycles. The van der Waals surface area contributed by atoms with Gasteiger partial charge >= 0.3 is 0 Å².